The lowest BCUT2D eigenvalue weighted by Gasteiger charge is -2.13. The molecule has 1 aromatic carbocycles. The first-order valence-electron chi connectivity index (χ1n) is 7.22. The molecule has 6 nitrogen and oxygen atoms in total. The van der Waals surface area contributed by atoms with Crippen LogP contribution in [0.3, 0.4) is 0 Å². The van der Waals surface area contributed by atoms with Gasteiger partial charge in [-0.1, -0.05) is 31.5 Å². The predicted octanol–water partition coefficient (Wildman–Crippen LogP) is 2.10. The molecule has 1 aromatic heterocycles. The highest BCUT2D eigenvalue weighted by atomic mass is 16.4. The van der Waals surface area contributed by atoms with E-state index in [2.05, 4.69) is 10.3 Å². The highest BCUT2D eigenvalue weighted by Crippen LogP contribution is 2.11. The first kappa shape index (κ1) is 15.8. The average Bonchev–Trinajstić information content (AvgIpc) is 3.01. The quantitative estimate of drug-likeness (QED) is 0.820. The van der Waals surface area contributed by atoms with E-state index in [9.17, 15) is 9.59 Å². The Balaban J connectivity index is 2.08. The van der Waals surface area contributed by atoms with Crippen molar-refractivity contribution in [1.29, 1.82) is 0 Å². The molecular formula is C16H19N3O3. The number of nitrogens with zero attached hydrogens (tertiary/aromatic N) is 2. The van der Waals surface area contributed by atoms with Crippen molar-refractivity contribution in [2.24, 2.45) is 5.92 Å². The van der Waals surface area contributed by atoms with E-state index >= 15 is 0 Å². The zero-order valence-corrected chi connectivity index (χ0v) is 12.4. The SMILES string of the molecule is CCCC(CNC(=O)c1cncn1-c1ccccc1)C(=O)O. The van der Waals surface area contributed by atoms with Crippen LogP contribution in [0.5, 0.6) is 0 Å². The van der Waals surface area contributed by atoms with Gasteiger partial charge in [-0.2, -0.15) is 0 Å². The van der Waals surface area contributed by atoms with Crippen LogP contribution < -0.4 is 5.32 Å². The van der Waals surface area contributed by atoms with Crippen molar-refractivity contribution in [2.45, 2.75) is 19.8 Å². The Hall–Kier alpha value is -2.63. The monoisotopic (exact) mass is 301 g/mol. The molecule has 1 unspecified atom stereocenters. The topological polar surface area (TPSA) is 84.2 Å². The van der Waals surface area contributed by atoms with Crippen LogP contribution in [-0.2, 0) is 4.79 Å². The van der Waals surface area contributed by atoms with E-state index in [1.807, 2.05) is 37.3 Å². The summed E-state index contributed by atoms with van der Waals surface area (Å²) < 4.78 is 1.67. The third-order valence-corrected chi connectivity index (χ3v) is 3.40. The summed E-state index contributed by atoms with van der Waals surface area (Å²) in [4.78, 5) is 27.4. The van der Waals surface area contributed by atoms with Crippen molar-refractivity contribution < 1.29 is 14.7 Å². The number of carboxylic acids is 1. The maximum atomic E-state index is 12.3. The van der Waals surface area contributed by atoms with Crippen LogP contribution in [0.25, 0.3) is 5.69 Å². The molecule has 0 aliphatic carbocycles. The fraction of sp³-hybridized carbons (Fsp3) is 0.312. The third kappa shape index (κ3) is 3.72. The molecule has 1 amide bonds. The second-order valence-electron chi connectivity index (χ2n) is 5.02. The molecule has 0 bridgehead atoms. The average molecular weight is 301 g/mol. The number of carbonyl (C=O) groups excluding carboxylic acids is 1. The number of para-hydroxylation sites is 1. The summed E-state index contributed by atoms with van der Waals surface area (Å²) in [5.41, 5.74) is 1.21. The van der Waals surface area contributed by atoms with Gasteiger partial charge >= 0.3 is 5.97 Å². The number of carboxylic acid groups (broad SMARTS) is 1. The molecule has 2 aromatic rings. The van der Waals surface area contributed by atoms with Gasteiger partial charge in [-0.25, -0.2) is 4.98 Å². The smallest absolute Gasteiger partial charge is 0.308 e. The number of hydrogen-bond donors (Lipinski definition) is 2. The number of aliphatic carboxylic acids is 1. The molecule has 1 atom stereocenters. The molecule has 6 heteroatoms. The zero-order chi connectivity index (χ0) is 15.9. The van der Waals surface area contributed by atoms with Gasteiger partial charge in [-0.15, -0.1) is 0 Å². The van der Waals surface area contributed by atoms with Crippen LogP contribution >= 0.6 is 0 Å². The van der Waals surface area contributed by atoms with Crippen molar-refractivity contribution in [3.05, 3.63) is 48.5 Å². The van der Waals surface area contributed by atoms with Crippen LogP contribution in [0.4, 0.5) is 0 Å². The minimum absolute atomic E-state index is 0.113. The van der Waals surface area contributed by atoms with E-state index in [0.29, 0.717) is 12.1 Å². The zero-order valence-electron chi connectivity index (χ0n) is 12.4. The summed E-state index contributed by atoms with van der Waals surface area (Å²) in [6.07, 6.45) is 4.32. The van der Waals surface area contributed by atoms with Gasteiger partial charge in [0.1, 0.15) is 5.69 Å². The first-order valence-corrected chi connectivity index (χ1v) is 7.22. The molecule has 22 heavy (non-hydrogen) atoms. The number of hydrogen-bond acceptors (Lipinski definition) is 3. The van der Waals surface area contributed by atoms with Gasteiger partial charge < -0.3 is 10.4 Å². The Morgan fingerprint density at radius 3 is 2.68 bits per heavy atom. The van der Waals surface area contributed by atoms with Gasteiger partial charge in [0.25, 0.3) is 5.91 Å². The van der Waals surface area contributed by atoms with Crippen LogP contribution in [-0.4, -0.2) is 33.1 Å². The van der Waals surface area contributed by atoms with Gasteiger partial charge in [-0.3, -0.25) is 14.2 Å². The molecule has 1 heterocycles. The lowest BCUT2D eigenvalue weighted by Crippen LogP contribution is -2.33. The van der Waals surface area contributed by atoms with Crippen LogP contribution in [0, 0.1) is 5.92 Å². The highest BCUT2D eigenvalue weighted by molar-refractivity contribution is 5.93. The number of rotatable bonds is 7. The summed E-state index contributed by atoms with van der Waals surface area (Å²) in [5, 5.41) is 11.8. The molecule has 0 aliphatic heterocycles. The van der Waals surface area contributed by atoms with Gasteiger partial charge in [0.15, 0.2) is 0 Å². The van der Waals surface area contributed by atoms with Crippen LogP contribution in [0.15, 0.2) is 42.9 Å². The third-order valence-electron chi connectivity index (χ3n) is 3.40. The lowest BCUT2D eigenvalue weighted by atomic mass is 10.0. The Kier molecular flexibility index (Phi) is 5.30. The number of nitrogens with one attached hydrogen (secondary N) is 1. The Labute approximate surface area is 128 Å². The van der Waals surface area contributed by atoms with E-state index in [1.165, 1.54) is 6.20 Å². The summed E-state index contributed by atoms with van der Waals surface area (Å²) in [6, 6.07) is 9.38. The largest absolute Gasteiger partial charge is 0.481 e. The van der Waals surface area contributed by atoms with Gasteiger partial charge in [0.2, 0.25) is 0 Å². The molecule has 116 valence electrons. The van der Waals surface area contributed by atoms with Gasteiger partial charge in [0.05, 0.1) is 18.4 Å². The van der Waals surface area contributed by atoms with Crippen molar-refractivity contribution in [3.8, 4) is 5.69 Å². The van der Waals surface area contributed by atoms with Crippen LogP contribution in [0.1, 0.15) is 30.3 Å². The van der Waals surface area contributed by atoms with Gasteiger partial charge in [0, 0.05) is 12.2 Å². The summed E-state index contributed by atoms with van der Waals surface area (Å²) in [6.45, 7) is 2.03. The maximum Gasteiger partial charge on any atom is 0.308 e. The molecule has 0 aliphatic rings. The molecule has 0 fully saturated rings. The minimum atomic E-state index is -0.890. The van der Waals surface area contributed by atoms with Crippen molar-refractivity contribution in [3.63, 3.8) is 0 Å². The summed E-state index contributed by atoms with van der Waals surface area (Å²) >= 11 is 0. The highest BCUT2D eigenvalue weighted by Gasteiger charge is 2.19. The number of carbonyl (C=O) groups is 2. The molecule has 0 radical (unpaired) electrons. The number of imidazole rings is 1. The molecule has 2 N–H and O–H groups in total. The van der Waals surface area contributed by atoms with E-state index in [4.69, 9.17) is 5.11 Å². The van der Waals surface area contributed by atoms with Crippen molar-refractivity contribution in [1.82, 2.24) is 14.9 Å². The minimum Gasteiger partial charge on any atom is -0.481 e. The lowest BCUT2D eigenvalue weighted by molar-refractivity contribution is -0.141. The second kappa shape index (κ2) is 7.40. The standard InChI is InChI=1S/C16H19N3O3/c1-2-6-12(16(21)22)9-18-15(20)14-10-17-11-19(14)13-7-4-3-5-8-13/h3-5,7-8,10-12H,2,6,9H2,1H3,(H,18,20)(H,21,22). The molecule has 0 spiro atoms. The Morgan fingerprint density at radius 2 is 2.05 bits per heavy atom. The van der Waals surface area contributed by atoms with Crippen LogP contribution in [0.2, 0.25) is 0 Å². The van der Waals surface area contributed by atoms with Crippen molar-refractivity contribution in [2.75, 3.05) is 6.54 Å². The second-order valence-corrected chi connectivity index (χ2v) is 5.02. The van der Waals surface area contributed by atoms with E-state index < -0.39 is 11.9 Å². The number of benzene rings is 1. The maximum absolute atomic E-state index is 12.3. The number of amides is 1. The molecule has 2 rings (SSSR count). The molecule has 0 saturated heterocycles. The Morgan fingerprint density at radius 1 is 1.32 bits per heavy atom. The summed E-state index contributed by atoms with van der Waals surface area (Å²) in [5.74, 6) is -1.79. The fourth-order valence-corrected chi connectivity index (χ4v) is 2.23. The predicted molar refractivity (Wildman–Crippen MR) is 81.9 cm³/mol. The van der Waals surface area contributed by atoms with E-state index in [1.54, 1.807) is 10.9 Å². The first-order chi connectivity index (χ1) is 10.6. The fourth-order valence-electron chi connectivity index (χ4n) is 2.23. The van der Waals surface area contributed by atoms with Crippen molar-refractivity contribution >= 4 is 11.9 Å². The summed E-state index contributed by atoms with van der Waals surface area (Å²) in [7, 11) is 0. The van der Waals surface area contributed by atoms with Gasteiger partial charge in [-0.05, 0) is 18.6 Å². The van der Waals surface area contributed by atoms with E-state index in [-0.39, 0.29) is 12.5 Å². The molecular weight excluding hydrogens is 282 g/mol. The molecule has 0 saturated carbocycles. The normalized spacial score (nSPS) is 11.9. The Bertz CT molecular complexity index is 637. The number of aromatic nitrogens is 2. The van der Waals surface area contributed by atoms with E-state index in [0.717, 1.165) is 12.1 Å².